The number of amides is 1. The minimum absolute atomic E-state index is 0.0295. The molecule has 1 amide bonds. The summed E-state index contributed by atoms with van der Waals surface area (Å²) in [5.41, 5.74) is 4.46. The van der Waals surface area contributed by atoms with Crippen molar-refractivity contribution in [3.05, 3.63) is 35.9 Å². The summed E-state index contributed by atoms with van der Waals surface area (Å²) >= 11 is 0. The second-order valence-electron chi connectivity index (χ2n) is 3.56. The van der Waals surface area contributed by atoms with Gasteiger partial charge in [0.2, 0.25) is 0 Å². The fraction of sp³-hybridized carbons (Fsp3) is 0.273. The van der Waals surface area contributed by atoms with E-state index in [1.165, 1.54) is 0 Å². The van der Waals surface area contributed by atoms with Crippen LogP contribution < -0.4 is 11.1 Å². The van der Waals surface area contributed by atoms with Crippen LogP contribution in [0.25, 0.3) is 0 Å². The molecule has 1 aromatic rings. The molecule has 0 saturated heterocycles. The Labute approximate surface area is 98.4 Å². The van der Waals surface area contributed by atoms with Gasteiger partial charge in [-0.05, 0) is 5.56 Å². The normalized spacial score (nSPS) is 13.5. The molecule has 0 aliphatic carbocycles. The van der Waals surface area contributed by atoms with Gasteiger partial charge < -0.3 is 9.84 Å². The van der Waals surface area contributed by atoms with Gasteiger partial charge in [0.15, 0.2) is 5.66 Å². The number of carbonyl (C=O) groups is 2. The van der Waals surface area contributed by atoms with Crippen molar-refractivity contribution in [1.82, 2.24) is 5.32 Å². The van der Waals surface area contributed by atoms with E-state index in [9.17, 15) is 9.59 Å². The molecule has 17 heavy (non-hydrogen) atoms. The third-order valence-electron chi connectivity index (χ3n) is 2.22. The van der Waals surface area contributed by atoms with Gasteiger partial charge in [-0.1, -0.05) is 30.3 Å². The maximum atomic E-state index is 11.1. The summed E-state index contributed by atoms with van der Waals surface area (Å²) in [7, 11) is 1.14. The molecule has 1 rings (SSSR count). The zero-order valence-electron chi connectivity index (χ0n) is 9.34. The molecule has 4 N–H and O–H groups in total. The van der Waals surface area contributed by atoms with Crippen molar-refractivity contribution >= 4 is 12.1 Å². The van der Waals surface area contributed by atoms with E-state index in [4.69, 9.17) is 10.8 Å². The molecule has 0 spiro atoms. The Balaban J connectivity index is 2.86. The summed E-state index contributed by atoms with van der Waals surface area (Å²) < 4.78 is 4.34. The van der Waals surface area contributed by atoms with Crippen LogP contribution in [0, 0.1) is 0 Å². The van der Waals surface area contributed by atoms with E-state index in [2.05, 4.69) is 10.1 Å². The topological polar surface area (TPSA) is 102 Å². The quantitative estimate of drug-likeness (QED) is 0.656. The van der Waals surface area contributed by atoms with Crippen LogP contribution in [-0.2, 0) is 16.0 Å². The maximum Gasteiger partial charge on any atom is 0.408 e. The Bertz CT molecular complexity index is 407. The van der Waals surface area contributed by atoms with Gasteiger partial charge in [0.25, 0.3) is 0 Å². The average molecular weight is 238 g/mol. The van der Waals surface area contributed by atoms with Gasteiger partial charge in [-0.3, -0.25) is 11.1 Å². The van der Waals surface area contributed by atoms with Gasteiger partial charge >= 0.3 is 12.1 Å². The number of ether oxygens (including phenoxy) is 1. The minimum Gasteiger partial charge on any atom is -0.478 e. The first-order valence-electron chi connectivity index (χ1n) is 4.90. The predicted molar refractivity (Wildman–Crippen MR) is 60.2 cm³/mol. The number of carboxylic acids is 1. The van der Waals surface area contributed by atoms with Crippen LogP contribution in [0.15, 0.2) is 30.3 Å². The molecule has 1 aromatic carbocycles. The Morgan fingerprint density at radius 1 is 1.41 bits per heavy atom. The van der Waals surface area contributed by atoms with E-state index in [1.54, 1.807) is 30.3 Å². The third-order valence-corrected chi connectivity index (χ3v) is 2.22. The van der Waals surface area contributed by atoms with Crippen LogP contribution in [0.2, 0.25) is 0 Å². The number of aliphatic carboxylic acids is 1. The molecule has 0 saturated carbocycles. The van der Waals surface area contributed by atoms with Crippen LogP contribution >= 0.6 is 0 Å². The molecule has 0 aliphatic rings. The molecule has 6 nitrogen and oxygen atoms in total. The lowest BCUT2D eigenvalue weighted by atomic mass is 10.0. The van der Waals surface area contributed by atoms with Gasteiger partial charge in [-0.15, -0.1) is 0 Å². The number of benzene rings is 1. The van der Waals surface area contributed by atoms with Crippen LogP contribution in [0.4, 0.5) is 4.79 Å². The van der Waals surface area contributed by atoms with Crippen molar-refractivity contribution in [1.29, 1.82) is 0 Å². The monoisotopic (exact) mass is 238 g/mol. The fourth-order valence-electron chi connectivity index (χ4n) is 1.32. The number of methoxy groups -OCH3 is 1. The lowest BCUT2D eigenvalue weighted by Gasteiger charge is -2.25. The van der Waals surface area contributed by atoms with Crippen molar-refractivity contribution in [2.75, 3.05) is 7.11 Å². The Kier molecular flexibility index (Phi) is 4.06. The van der Waals surface area contributed by atoms with Gasteiger partial charge in [-0.25, -0.2) is 9.59 Å². The van der Waals surface area contributed by atoms with Crippen LogP contribution in [0.3, 0.4) is 0 Å². The second-order valence-corrected chi connectivity index (χ2v) is 3.56. The first kappa shape index (κ1) is 13.0. The molecule has 0 aromatic heterocycles. The van der Waals surface area contributed by atoms with E-state index < -0.39 is 17.7 Å². The second kappa shape index (κ2) is 5.31. The maximum absolute atomic E-state index is 11.1. The third kappa shape index (κ3) is 3.46. The first-order valence-corrected chi connectivity index (χ1v) is 4.90. The molecule has 0 bridgehead atoms. The standard InChI is InChI=1S/C11H14N2O4/c1-17-10(16)13-11(12,9(14)15)7-8-5-3-2-4-6-8/h2-6H,7,12H2,1H3,(H,13,16)(H,14,15). The molecule has 0 heterocycles. The Hall–Kier alpha value is -2.08. The van der Waals surface area contributed by atoms with Crippen molar-refractivity contribution in [3.63, 3.8) is 0 Å². The van der Waals surface area contributed by atoms with Crippen LogP contribution in [0.5, 0.6) is 0 Å². The molecule has 0 aliphatic heterocycles. The zero-order chi connectivity index (χ0) is 12.9. The Morgan fingerprint density at radius 2 is 2.00 bits per heavy atom. The molecule has 0 radical (unpaired) electrons. The molecule has 1 atom stereocenters. The summed E-state index contributed by atoms with van der Waals surface area (Å²) in [6.45, 7) is 0. The lowest BCUT2D eigenvalue weighted by molar-refractivity contribution is -0.144. The zero-order valence-corrected chi connectivity index (χ0v) is 9.34. The molecule has 92 valence electrons. The summed E-state index contributed by atoms with van der Waals surface area (Å²) in [5, 5.41) is 11.2. The molecular formula is C11H14N2O4. The summed E-state index contributed by atoms with van der Waals surface area (Å²) in [4.78, 5) is 22.1. The van der Waals surface area contributed by atoms with Gasteiger partial charge in [0.1, 0.15) is 0 Å². The highest BCUT2D eigenvalue weighted by Gasteiger charge is 2.36. The predicted octanol–water partition coefficient (Wildman–Crippen LogP) is 0.325. The largest absolute Gasteiger partial charge is 0.478 e. The highest BCUT2D eigenvalue weighted by molar-refractivity contribution is 5.83. The smallest absolute Gasteiger partial charge is 0.408 e. The van der Waals surface area contributed by atoms with E-state index in [-0.39, 0.29) is 6.42 Å². The summed E-state index contributed by atoms with van der Waals surface area (Å²) in [6.07, 6.45) is -0.913. The Morgan fingerprint density at radius 3 is 2.47 bits per heavy atom. The highest BCUT2D eigenvalue weighted by Crippen LogP contribution is 2.09. The van der Waals surface area contributed by atoms with E-state index in [0.29, 0.717) is 5.56 Å². The number of hydrogen-bond acceptors (Lipinski definition) is 4. The van der Waals surface area contributed by atoms with Gasteiger partial charge in [-0.2, -0.15) is 0 Å². The van der Waals surface area contributed by atoms with Crippen LogP contribution in [0.1, 0.15) is 5.56 Å². The van der Waals surface area contributed by atoms with Gasteiger partial charge in [0.05, 0.1) is 7.11 Å². The number of rotatable bonds is 4. The number of nitrogens with two attached hydrogens (primary N) is 1. The molecule has 0 fully saturated rings. The molecular weight excluding hydrogens is 224 g/mol. The SMILES string of the molecule is COC(=O)NC(N)(Cc1ccccc1)C(=O)O. The van der Waals surface area contributed by atoms with Gasteiger partial charge in [0, 0.05) is 6.42 Å². The minimum atomic E-state index is -1.88. The van der Waals surface area contributed by atoms with Crippen molar-refractivity contribution < 1.29 is 19.4 Å². The van der Waals surface area contributed by atoms with E-state index in [1.807, 2.05) is 0 Å². The number of nitrogens with one attached hydrogen (secondary N) is 1. The number of carbonyl (C=O) groups excluding carboxylic acids is 1. The number of alkyl carbamates (subject to hydrolysis) is 1. The average Bonchev–Trinajstić information content (AvgIpc) is 2.29. The highest BCUT2D eigenvalue weighted by atomic mass is 16.5. The lowest BCUT2D eigenvalue weighted by Crippen LogP contribution is -2.63. The molecule has 6 heteroatoms. The number of hydrogen-bond donors (Lipinski definition) is 3. The summed E-state index contributed by atoms with van der Waals surface area (Å²) in [5.74, 6) is -1.33. The number of carboxylic acid groups (broad SMARTS) is 1. The van der Waals surface area contributed by atoms with E-state index >= 15 is 0 Å². The van der Waals surface area contributed by atoms with Crippen molar-refractivity contribution in [2.45, 2.75) is 12.1 Å². The van der Waals surface area contributed by atoms with Crippen molar-refractivity contribution in [3.8, 4) is 0 Å². The molecule has 1 unspecified atom stereocenters. The fourth-order valence-corrected chi connectivity index (χ4v) is 1.32. The van der Waals surface area contributed by atoms with Crippen molar-refractivity contribution in [2.24, 2.45) is 5.73 Å². The summed E-state index contributed by atoms with van der Waals surface area (Å²) in [6, 6.07) is 8.77. The van der Waals surface area contributed by atoms with E-state index in [0.717, 1.165) is 7.11 Å². The first-order chi connectivity index (χ1) is 7.98. The van der Waals surface area contributed by atoms with Crippen LogP contribution in [-0.4, -0.2) is 29.9 Å².